The third-order valence-corrected chi connectivity index (χ3v) is 7.73. The van der Waals surface area contributed by atoms with E-state index in [1.54, 1.807) is 18.2 Å². The Kier molecular flexibility index (Phi) is 19.2. The average Bonchev–Trinajstić information content (AvgIpc) is 2.82. The van der Waals surface area contributed by atoms with Gasteiger partial charge in [-0.15, -0.1) is 0 Å². The number of rotatable bonds is 17. The molecule has 7 nitrogen and oxygen atoms in total. The van der Waals surface area contributed by atoms with Crippen LogP contribution in [0.15, 0.2) is 64.4 Å². The van der Waals surface area contributed by atoms with Gasteiger partial charge in [0.15, 0.2) is 5.75 Å². The molecular formula is C24H34Na2O7S2. The van der Waals surface area contributed by atoms with E-state index in [-0.39, 0.29) is 71.5 Å². The van der Waals surface area contributed by atoms with Crippen molar-refractivity contribution in [3.05, 3.63) is 54.6 Å². The van der Waals surface area contributed by atoms with Crippen molar-refractivity contribution in [3.63, 3.8) is 0 Å². The maximum atomic E-state index is 12.7. The Labute approximate surface area is 255 Å². The predicted octanol–water partition coefficient (Wildman–Crippen LogP) is 5.25. The van der Waals surface area contributed by atoms with Gasteiger partial charge in [0, 0.05) is 59.1 Å². The van der Waals surface area contributed by atoms with Crippen molar-refractivity contribution < 1.29 is 30.2 Å². The Morgan fingerprint density at radius 3 is 1.60 bits per heavy atom. The molecule has 0 aliphatic carbocycles. The maximum Gasteiger partial charge on any atom is 0.333 e. The molecule has 0 fully saturated rings. The van der Waals surface area contributed by atoms with Crippen LogP contribution in [0.3, 0.4) is 0 Å². The monoisotopic (exact) mass is 544 g/mol. The summed E-state index contributed by atoms with van der Waals surface area (Å²) in [6, 6.07) is 13.2. The third-order valence-electron chi connectivity index (χ3n) is 5.09. The smallest absolute Gasteiger partial charge is 0.321 e. The molecule has 2 radical (unpaired) electrons. The summed E-state index contributed by atoms with van der Waals surface area (Å²) in [6.07, 6.45) is 11.1. The van der Waals surface area contributed by atoms with Gasteiger partial charge >= 0.3 is 10.1 Å². The number of benzene rings is 2. The van der Waals surface area contributed by atoms with Crippen LogP contribution in [-0.2, 0) is 28.8 Å². The van der Waals surface area contributed by atoms with Gasteiger partial charge in [-0.25, -0.2) is 0 Å². The van der Waals surface area contributed by atoms with E-state index in [4.69, 9.17) is 9.07 Å². The molecule has 11 heteroatoms. The first-order valence-electron chi connectivity index (χ1n) is 11.5. The maximum absolute atomic E-state index is 12.7. The molecule has 186 valence electrons. The molecule has 2 rings (SSSR count). The SMILES string of the molecule is CCCCCCCCCCCCOS(=O)(=O)c1ccccc1S(=O)(=O)OOc1ccccc1.[Na].[Na]. The normalized spacial score (nSPS) is 11.3. The fraction of sp³-hybridized carbons (Fsp3) is 0.500. The summed E-state index contributed by atoms with van der Waals surface area (Å²) in [6.45, 7) is 2.20. The molecule has 2 aromatic carbocycles. The zero-order valence-electron chi connectivity index (χ0n) is 21.1. The third kappa shape index (κ3) is 13.4. The van der Waals surface area contributed by atoms with E-state index in [0.29, 0.717) is 6.42 Å². The molecule has 0 saturated carbocycles. The summed E-state index contributed by atoms with van der Waals surface area (Å²) in [5.74, 6) is 0.165. The van der Waals surface area contributed by atoms with Crippen LogP contribution in [0.4, 0.5) is 0 Å². The summed E-state index contributed by atoms with van der Waals surface area (Å²) in [4.78, 5) is 3.83. The second-order valence-electron chi connectivity index (χ2n) is 7.82. The minimum absolute atomic E-state index is 0. The summed E-state index contributed by atoms with van der Waals surface area (Å²) in [7, 11) is -8.79. The number of hydrogen-bond donors (Lipinski definition) is 0. The Balaban J connectivity index is 0.00000578. The summed E-state index contributed by atoms with van der Waals surface area (Å²) < 4.78 is 60.1. The van der Waals surface area contributed by atoms with Gasteiger partial charge in [0.25, 0.3) is 10.1 Å². The molecule has 0 aliphatic heterocycles. The van der Waals surface area contributed by atoms with Crippen molar-refractivity contribution in [1.82, 2.24) is 0 Å². The van der Waals surface area contributed by atoms with E-state index >= 15 is 0 Å². The van der Waals surface area contributed by atoms with Gasteiger partial charge in [0.05, 0.1) is 6.61 Å². The molecule has 0 N–H and O–H groups in total. The van der Waals surface area contributed by atoms with Crippen LogP contribution in [0.5, 0.6) is 5.75 Å². The molecule has 0 unspecified atom stereocenters. The van der Waals surface area contributed by atoms with Gasteiger partial charge < -0.3 is 4.89 Å². The quantitative estimate of drug-likeness (QED) is 0.0882. The van der Waals surface area contributed by atoms with Crippen LogP contribution in [0, 0.1) is 0 Å². The molecule has 2 aromatic rings. The summed E-state index contributed by atoms with van der Waals surface area (Å²) >= 11 is 0. The van der Waals surface area contributed by atoms with Crippen LogP contribution in [-0.4, -0.2) is 82.6 Å². The van der Waals surface area contributed by atoms with E-state index < -0.39 is 30.0 Å². The molecule has 0 saturated heterocycles. The van der Waals surface area contributed by atoms with E-state index in [1.165, 1.54) is 68.9 Å². The van der Waals surface area contributed by atoms with E-state index in [2.05, 4.69) is 11.3 Å². The average molecular weight is 545 g/mol. The topological polar surface area (TPSA) is 96.0 Å². The van der Waals surface area contributed by atoms with Gasteiger partial charge in [0.1, 0.15) is 9.79 Å². The molecular weight excluding hydrogens is 510 g/mol. The summed E-state index contributed by atoms with van der Waals surface area (Å²) in [5, 5.41) is 0. The van der Waals surface area contributed by atoms with E-state index in [1.807, 2.05) is 0 Å². The first kappa shape index (κ1) is 35.1. The van der Waals surface area contributed by atoms with Crippen molar-refractivity contribution in [3.8, 4) is 5.75 Å². The first-order chi connectivity index (χ1) is 15.9. The Bertz CT molecular complexity index is 1030. The fourth-order valence-corrected chi connectivity index (χ4v) is 5.72. The molecule has 0 amide bonds. The predicted molar refractivity (Wildman–Crippen MR) is 138 cm³/mol. The van der Waals surface area contributed by atoms with Gasteiger partial charge in [-0.05, 0) is 30.7 Å². The van der Waals surface area contributed by atoms with Gasteiger partial charge in [-0.1, -0.05) is 99.4 Å². The summed E-state index contributed by atoms with van der Waals surface area (Å²) in [5.41, 5.74) is 0. The van der Waals surface area contributed by atoms with Crippen LogP contribution in [0.1, 0.15) is 71.1 Å². The molecule has 0 atom stereocenters. The van der Waals surface area contributed by atoms with E-state index in [9.17, 15) is 16.8 Å². The van der Waals surface area contributed by atoms with Crippen LogP contribution in [0.25, 0.3) is 0 Å². The van der Waals surface area contributed by atoms with Crippen molar-refractivity contribution in [1.29, 1.82) is 0 Å². The van der Waals surface area contributed by atoms with Gasteiger partial charge in [-0.2, -0.15) is 16.8 Å². The Morgan fingerprint density at radius 1 is 0.600 bits per heavy atom. The molecule has 0 aromatic heterocycles. The van der Waals surface area contributed by atoms with Crippen LogP contribution < -0.4 is 4.89 Å². The molecule has 0 heterocycles. The first-order valence-corrected chi connectivity index (χ1v) is 14.3. The number of unbranched alkanes of at least 4 members (excludes halogenated alkanes) is 9. The second kappa shape index (κ2) is 19.2. The van der Waals surface area contributed by atoms with Gasteiger partial charge in [-0.3, -0.25) is 4.18 Å². The number of hydrogen-bond acceptors (Lipinski definition) is 7. The molecule has 35 heavy (non-hydrogen) atoms. The zero-order valence-corrected chi connectivity index (χ0v) is 26.8. The largest absolute Gasteiger partial charge is 0.333 e. The van der Waals surface area contributed by atoms with Crippen molar-refractivity contribution in [2.45, 2.75) is 80.9 Å². The Morgan fingerprint density at radius 2 is 1.06 bits per heavy atom. The van der Waals surface area contributed by atoms with Crippen molar-refractivity contribution in [2.75, 3.05) is 6.61 Å². The minimum Gasteiger partial charge on any atom is -0.321 e. The van der Waals surface area contributed by atoms with Gasteiger partial charge in [0.2, 0.25) is 0 Å². The molecule has 0 spiro atoms. The van der Waals surface area contributed by atoms with Crippen molar-refractivity contribution in [2.24, 2.45) is 0 Å². The molecule has 0 aliphatic rings. The molecule has 0 bridgehead atoms. The second-order valence-corrected chi connectivity index (χ2v) is 10.9. The fourth-order valence-electron chi connectivity index (χ4n) is 3.28. The van der Waals surface area contributed by atoms with Crippen molar-refractivity contribution >= 4 is 79.4 Å². The zero-order chi connectivity index (χ0) is 24.0. The van der Waals surface area contributed by atoms with Crippen LogP contribution >= 0.6 is 0 Å². The standard InChI is InChI=1S/C24H34O7S2.2Na/c1-2-3-4-5-6-7-8-9-10-16-21-29-32(25,26)23-19-14-15-20-24(23)33(27,28)31-30-22-17-12-11-13-18-22;;/h11-15,17-20H,2-10,16,21H2,1H3;;. The van der Waals surface area contributed by atoms with Crippen LogP contribution in [0.2, 0.25) is 0 Å². The minimum atomic E-state index is -4.51. The van der Waals surface area contributed by atoms with E-state index in [0.717, 1.165) is 25.3 Å². The number of para-hydroxylation sites is 1. The Hall–Kier alpha value is 0.0600.